The van der Waals surface area contributed by atoms with E-state index in [-0.39, 0.29) is 17.5 Å². The first-order chi connectivity index (χ1) is 17.0. The summed E-state index contributed by atoms with van der Waals surface area (Å²) < 4.78 is 21.8. The third kappa shape index (κ3) is 3.89. The van der Waals surface area contributed by atoms with E-state index in [0.717, 1.165) is 6.42 Å². The van der Waals surface area contributed by atoms with Crippen molar-refractivity contribution < 1.29 is 13.9 Å². The van der Waals surface area contributed by atoms with Crippen LogP contribution in [0.4, 0.5) is 21.7 Å². The molecule has 4 aromatic rings. The standard InChI is InChI=1S/C23H24FN9O2/c1-12-7-14(12)23(34)27-18-9-15-16(10-26-21(25-2)19(15)30-29-18)20-28-22-17(24)8-13(11-33(22)31-20)32-3-5-35-6-4-32/h8-12,14H,3-7H2,1-2H3,(H,25,26)(H,27,29,34)/t12-,14+/m1/s1. The van der Waals surface area contributed by atoms with E-state index in [4.69, 9.17) is 4.74 Å². The Morgan fingerprint density at radius 2 is 2.03 bits per heavy atom. The first-order valence-corrected chi connectivity index (χ1v) is 11.6. The fraction of sp³-hybridized carbons (Fsp3) is 0.391. The van der Waals surface area contributed by atoms with E-state index in [0.29, 0.717) is 71.8 Å². The van der Waals surface area contributed by atoms with Gasteiger partial charge in [0.2, 0.25) is 5.91 Å². The number of rotatable bonds is 5. The molecule has 2 N–H and O–H groups in total. The predicted molar refractivity (Wildman–Crippen MR) is 128 cm³/mol. The molecule has 0 bridgehead atoms. The van der Waals surface area contributed by atoms with Crippen LogP contribution in [-0.4, -0.2) is 69.0 Å². The smallest absolute Gasteiger partial charge is 0.228 e. The molecule has 12 heteroatoms. The fourth-order valence-corrected chi connectivity index (χ4v) is 4.40. The molecule has 2 atom stereocenters. The zero-order chi connectivity index (χ0) is 24.1. The molecule has 4 aromatic heterocycles. The number of ether oxygens (including phenoxy) is 1. The van der Waals surface area contributed by atoms with Crippen molar-refractivity contribution >= 4 is 39.8 Å². The summed E-state index contributed by atoms with van der Waals surface area (Å²) in [5, 5.41) is 19.5. The number of carbonyl (C=O) groups is 1. The van der Waals surface area contributed by atoms with E-state index < -0.39 is 5.82 Å². The Morgan fingerprint density at radius 3 is 2.77 bits per heavy atom. The van der Waals surface area contributed by atoms with Gasteiger partial charge in [0.05, 0.1) is 25.1 Å². The average Bonchev–Trinajstić information content (AvgIpc) is 3.45. The number of carbonyl (C=O) groups excluding carboxylic acids is 1. The normalized spacial score (nSPS) is 19.8. The summed E-state index contributed by atoms with van der Waals surface area (Å²) in [6.45, 7) is 4.59. The van der Waals surface area contributed by atoms with Gasteiger partial charge in [-0.2, -0.15) is 0 Å². The third-order valence-corrected chi connectivity index (χ3v) is 6.56. The molecule has 1 aliphatic heterocycles. The lowest BCUT2D eigenvalue weighted by Gasteiger charge is -2.28. The van der Waals surface area contributed by atoms with Gasteiger partial charge in [0.15, 0.2) is 28.9 Å². The highest BCUT2D eigenvalue weighted by atomic mass is 19.1. The Bertz CT molecular complexity index is 1450. The van der Waals surface area contributed by atoms with Crippen LogP contribution in [0.15, 0.2) is 24.5 Å². The molecular weight excluding hydrogens is 453 g/mol. The van der Waals surface area contributed by atoms with Crippen molar-refractivity contribution in [1.29, 1.82) is 0 Å². The Morgan fingerprint density at radius 1 is 1.23 bits per heavy atom. The predicted octanol–water partition coefficient (Wildman–Crippen LogP) is 2.35. The molecule has 1 saturated heterocycles. The minimum absolute atomic E-state index is 0.000945. The van der Waals surface area contributed by atoms with Crippen LogP contribution in [0, 0.1) is 17.7 Å². The Hall–Kier alpha value is -3.93. The number of morpholine rings is 1. The molecule has 180 valence electrons. The van der Waals surface area contributed by atoms with Crippen molar-refractivity contribution in [2.75, 3.05) is 48.9 Å². The van der Waals surface area contributed by atoms with Crippen molar-refractivity contribution in [3.63, 3.8) is 0 Å². The van der Waals surface area contributed by atoms with Gasteiger partial charge in [0.25, 0.3) is 0 Å². The monoisotopic (exact) mass is 477 g/mol. The Balaban J connectivity index is 1.42. The highest BCUT2D eigenvalue weighted by Gasteiger charge is 2.39. The summed E-state index contributed by atoms with van der Waals surface area (Å²) >= 11 is 0. The summed E-state index contributed by atoms with van der Waals surface area (Å²) in [4.78, 5) is 23.4. The van der Waals surface area contributed by atoms with Crippen LogP contribution >= 0.6 is 0 Å². The number of nitrogens with one attached hydrogen (secondary N) is 2. The topological polar surface area (TPSA) is 122 Å². The number of amides is 1. The molecule has 1 amide bonds. The maximum Gasteiger partial charge on any atom is 0.228 e. The number of halogens is 1. The number of pyridine rings is 2. The van der Waals surface area contributed by atoms with Crippen LogP contribution in [-0.2, 0) is 9.53 Å². The molecule has 1 saturated carbocycles. The van der Waals surface area contributed by atoms with Crippen molar-refractivity contribution in [2.24, 2.45) is 11.8 Å². The molecule has 1 aliphatic carbocycles. The summed E-state index contributed by atoms with van der Waals surface area (Å²) in [5.74, 6) is 0.987. The molecule has 11 nitrogen and oxygen atoms in total. The number of nitrogens with zero attached hydrogens (tertiary/aromatic N) is 7. The van der Waals surface area contributed by atoms with Gasteiger partial charge >= 0.3 is 0 Å². The highest BCUT2D eigenvalue weighted by molar-refractivity contribution is 6.01. The Labute approximate surface area is 199 Å². The second-order valence-corrected chi connectivity index (χ2v) is 8.92. The maximum atomic E-state index is 15.0. The van der Waals surface area contributed by atoms with E-state index in [9.17, 15) is 4.79 Å². The van der Waals surface area contributed by atoms with E-state index in [1.165, 1.54) is 10.6 Å². The molecule has 0 radical (unpaired) electrons. The van der Waals surface area contributed by atoms with Gasteiger partial charge in [-0.15, -0.1) is 15.3 Å². The van der Waals surface area contributed by atoms with Gasteiger partial charge < -0.3 is 20.3 Å². The van der Waals surface area contributed by atoms with Crippen LogP contribution in [0.25, 0.3) is 27.9 Å². The second-order valence-electron chi connectivity index (χ2n) is 8.92. The van der Waals surface area contributed by atoms with Gasteiger partial charge in [-0.25, -0.2) is 18.9 Å². The lowest BCUT2D eigenvalue weighted by atomic mass is 10.1. The molecule has 6 rings (SSSR count). The molecule has 0 spiro atoms. The first-order valence-electron chi connectivity index (χ1n) is 11.6. The van der Waals surface area contributed by atoms with Crippen LogP contribution in [0.3, 0.4) is 0 Å². The molecule has 0 aromatic carbocycles. The SMILES string of the molecule is CNc1ncc(-c2nc3c(F)cc(N4CCOCC4)cn3n2)c2cc(NC(=O)[C@H]3C[C@H]3C)nnc12. The summed E-state index contributed by atoms with van der Waals surface area (Å²) in [6.07, 6.45) is 4.25. The lowest BCUT2D eigenvalue weighted by molar-refractivity contribution is -0.117. The number of anilines is 3. The number of fused-ring (bicyclic) bond motifs is 2. The minimum atomic E-state index is -0.469. The molecule has 0 unspecified atom stereocenters. The van der Waals surface area contributed by atoms with Gasteiger partial charge in [-0.3, -0.25) is 4.79 Å². The number of hydrogen-bond donors (Lipinski definition) is 2. The molecule has 35 heavy (non-hydrogen) atoms. The maximum absolute atomic E-state index is 15.0. The molecule has 5 heterocycles. The summed E-state index contributed by atoms with van der Waals surface area (Å²) in [5.41, 5.74) is 1.88. The zero-order valence-corrected chi connectivity index (χ0v) is 19.3. The van der Waals surface area contributed by atoms with E-state index in [1.54, 1.807) is 25.5 Å². The van der Waals surface area contributed by atoms with E-state index in [1.807, 2.05) is 6.92 Å². The average molecular weight is 478 g/mol. The van der Waals surface area contributed by atoms with Crippen molar-refractivity contribution in [1.82, 2.24) is 29.8 Å². The van der Waals surface area contributed by atoms with Crippen molar-refractivity contribution in [3.8, 4) is 11.4 Å². The minimum Gasteiger partial charge on any atom is -0.378 e. The van der Waals surface area contributed by atoms with Gasteiger partial charge in [0, 0.05) is 49.3 Å². The lowest BCUT2D eigenvalue weighted by Crippen LogP contribution is -2.36. The van der Waals surface area contributed by atoms with Gasteiger partial charge in [0.1, 0.15) is 5.52 Å². The summed E-state index contributed by atoms with van der Waals surface area (Å²) in [6, 6.07) is 3.20. The summed E-state index contributed by atoms with van der Waals surface area (Å²) in [7, 11) is 1.74. The third-order valence-electron chi connectivity index (χ3n) is 6.56. The van der Waals surface area contributed by atoms with Crippen molar-refractivity contribution in [3.05, 3.63) is 30.3 Å². The number of aromatic nitrogens is 6. The van der Waals surface area contributed by atoms with Crippen LogP contribution < -0.4 is 15.5 Å². The van der Waals surface area contributed by atoms with Crippen LogP contribution in [0.5, 0.6) is 0 Å². The van der Waals surface area contributed by atoms with Gasteiger partial charge in [-0.1, -0.05) is 6.92 Å². The number of hydrogen-bond acceptors (Lipinski definition) is 9. The van der Waals surface area contributed by atoms with Crippen molar-refractivity contribution in [2.45, 2.75) is 13.3 Å². The fourth-order valence-electron chi connectivity index (χ4n) is 4.40. The highest BCUT2D eigenvalue weighted by Crippen LogP contribution is 2.38. The first kappa shape index (κ1) is 21.6. The molecule has 2 aliphatic rings. The zero-order valence-electron chi connectivity index (χ0n) is 19.3. The quantitative estimate of drug-likeness (QED) is 0.446. The van der Waals surface area contributed by atoms with Crippen LogP contribution in [0.2, 0.25) is 0 Å². The van der Waals surface area contributed by atoms with Gasteiger partial charge in [-0.05, 0) is 18.4 Å². The van der Waals surface area contributed by atoms with E-state index in [2.05, 4.69) is 40.8 Å². The molecule has 2 fully saturated rings. The van der Waals surface area contributed by atoms with E-state index >= 15 is 4.39 Å². The Kier molecular flexibility index (Phi) is 5.17. The largest absolute Gasteiger partial charge is 0.378 e. The van der Waals surface area contributed by atoms with Crippen LogP contribution in [0.1, 0.15) is 13.3 Å². The molecular formula is C23H24FN9O2. The second kappa shape index (κ2) is 8.38.